The third-order valence-corrected chi connectivity index (χ3v) is 6.94. The zero-order valence-corrected chi connectivity index (χ0v) is 19.6. The topological polar surface area (TPSA) is 96.0 Å². The predicted molar refractivity (Wildman–Crippen MR) is 121 cm³/mol. The Kier molecular flexibility index (Phi) is 6.90. The van der Waals surface area contributed by atoms with E-state index < -0.39 is 27.4 Å². The van der Waals surface area contributed by atoms with E-state index in [4.69, 9.17) is 4.74 Å². The van der Waals surface area contributed by atoms with Gasteiger partial charge in [0.25, 0.3) is 0 Å². The maximum absolute atomic E-state index is 13.4. The van der Waals surface area contributed by atoms with Crippen LogP contribution in [0.2, 0.25) is 0 Å². The number of para-hydroxylation sites is 1. The molecule has 0 aliphatic carbocycles. The van der Waals surface area contributed by atoms with Crippen LogP contribution in [0.4, 0.5) is 0 Å². The zero-order valence-electron chi connectivity index (χ0n) is 18.8. The summed E-state index contributed by atoms with van der Waals surface area (Å²) in [7, 11) is -2.13. The van der Waals surface area contributed by atoms with E-state index in [2.05, 4.69) is 5.32 Å². The summed E-state index contributed by atoms with van der Waals surface area (Å²) in [5.74, 6) is -0.275. The molecule has 0 aromatic heterocycles. The first kappa shape index (κ1) is 23.7. The summed E-state index contributed by atoms with van der Waals surface area (Å²) in [4.78, 5) is 27.9. The van der Waals surface area contributed by atoms with Crippen LogP contribution < -0.4 is 10.1 Å². The van der Waals surface area contributed by atoms with Crippen molar-refractivity contribution in [3.8, 4) is 5.75 Å². The molecule has 0 saturated carbocycles. The normalized spacial score (nSPS) is 19.6. The number of aryl methyl sites for hydroxylation is 1. The Morgan fingerprint density at radius 1 is 1.16 bits per heavy atom. The number of methoxy groups -OCH3 is 1. The number of hydrogen-bond acceptors (Lipinski definition) is 5. The summed E-state index contributed by atoms with van der Waals surface area (Å²) in [5, 5.41) is 2.88. The number of benzene rings is 2. The number of hydrogen-bond donors (Lipinski definition) is 1. The van der Waals surface area contributed by atoms with Crippen LogP contribution in [0.5, 0.6) is 5.75 Å². The summed E-state index contributed by atoms with van der Waals surface area (Å²) in [5.41, 5.74) is 1.35. The Bertz CT molecular complexity index is 1100. The fourth-order valence-electron chi connectivity index (χ4n) is 3.77. The van der Waals surface area contributed by atoms with Crippen LogP contribution in [-0.2, 0) is 32.7 Å². The lowest BCUT2D eigenvalue weighted by Gasteiger charge is -2.46. The molecule has 8 nitrogen and oxygen atoms in total. The molecule has 3 rings (SSSR count). The molecule has 1 saturated heterocycles. The van der Waals surface area contributed by atoms with Crippen LogP contribution in [0, 0.1) is 6.92 Å². The maximum Gasteiger partial charge on any atom is 0.247 e. The van der Waals surface area contributed by atoms with E-state index in [0.717, 1.165) is 27.3 Å². The lowest BCUT2D eigenvalue weighted by molar-refractivity contribution is -0.153. The van der Waals surface area contributed by atoms with E-state index in [-0.39, 0.29) is 26.2 Å². The number of rotatable bonds is 7. The molecule has 32 heavy (non-hydrogen) atoms. The molecular weight excluding hydrogens is 430 g/mol. The largest absolute Gasteiger partial charge is 0.496 e. The van der Waals surface area contributed by atoms with Crippen molar-refractivity contribution in [2.75, 3.05) is 26.5 Å². The molecule has 1 heterocycles. The molecule has 2 amide bonds. The third-order valence-electron chi connectivity index (χ3n) is 5.75. The Balaban J connectivity index is 1.91. The molecule has 1 N–H and O–H groups in total. The number of piperazine rings is 1. The summed E-state index contributed by atoms with van der Waals surface area (Å²) in [6, 6.07) is 15.0. The molecule has 1 atom stereocenters. The van der Waals surface area contributed by atoms with E-state index >= 15 is 0 Å². The Hall–Kier alpha value is -2.91. The Labute approximate surface area is 189 Å². The monoisotopic (exact) mass is 459 g/mol. The number of carbonyl (C=O) groups is 2. The Morgan fingerprint density at radius 2 is 1.81 bits per heavy atom. The van der Waals surface area contributed by atoms with Crippen molar-refractivity contribution in [3.05, 3.63) is 65.2 Å². The second-order valence-corrected chi connectivity index (χ2v) is 10.2. The molecule has 172 valence electrons. The number of ether oxygens (including phenoxy) is 1. The van der Waals surface area contributed by atoms with Crippen molar-refractivity contribution in [2.45, 2.75) is 32.5 Å². The molecule has 9 heteroatoms. The van der Waals surface area contributed by atoms with Gasteiger partial charge in [0, 0.05) is 18.7 Å². The molecule has 1 aliphatic rings. The van der Waals surface area contributed by atoms with Crippen LogP contribution >= 0.6 is 0 Å². The van der Waals surface area contributed by atoms with Gasteiger partial charge in [-0.15, -0.1) is 0 Å². The highest BCUT2D eigenvalue weighted by atomic mass is 32.2. The zero-order chi connectivity index (χ0) is 23.5. The SMILES string of the molecule is COc1ccccc1CN1C(=O)CN(S(C)(=O)=O)CC1(C)C(=O)NCc1ccc(C)cc1. The lowest BCUT2D eigenvalue weighted by Crippen LogP contribution is -2.69. The third kappa shape index (κ3) is 5.11. The van der Waals surface area contributed by atoms with Gasteiger partial charge in [-0.1, -0.05) is 48.0 Å². The van der Waals surface area contributed by atoms with Gasteiger partial charge in [-0.05, 0) is 25.5 Å². The Morgan fingerprint density at radius 3 is 2.44 bits per heavy atom. The smallest absolute Gasteiger partial charge is 0.247 e. The molecule has 1 fully saturated rings. The van der Waals surface area contributed by atoms with Crippen molar-refractivity contribution < 1.29 is 22.7 Å². The lowest BCUT2D eigenvalue weighted by atomic mass is 9.94. The second-order valence-electron chi connectivity index (χ2n) is 8.26. The van der Waals surface area contributed by atoms with Gasteiger partial charge in [-0.2, -0.15) is 4.31 Å². The predicted octanol–water partition coefficient (Wildman–Crippen LogP) is 1.68. The number of nitrogens with one attached hydrogen (secondary N) is 1. The van der Waals surface area contributed by atoms with Gasteiger partial charge in [0.2, 0.25) is 21.8 Å². The quantitative estimate of drug-likeness (QED) is 0.680. The van der Waals surface area contributed by atoms with Gasteiger partial charge < -0.3 is 15.0 Å². The highest BCUT2D eigenvalue weighted by Gasteiger charge is 2.49. The maximum atomic E-state index is 13.4. The number of carbonyl (C=O) groups excluding carboxylic acids is 2. The number of amides is 2. The highest BCUT2D eigenvalue weighted by Crippen LogP contribution is 2.29. The minimum Gasteiger partial charge on any atom is -0.496 e. The fourth-order valence-corrected chi connectivity index (χ4v) is 4.60. The van der Waals surface area contributed by atoms with E-state index in [1.165, 1.54) is 12.0 Å². The first-order chi connectivity index (χ1) is 15.0. The summed E-state index contributed by atoms with van der Waals surface area (Å²) in [6.45, 7) is 3.52. The molecule has 2 aromatic rings. The van der Waals surface area contributed by atoms with Gasteiger partial charge in [-0.3, -0.25) is 9.59 Å². The van der Waals surface area contributed by atoms with Gasteiger partial charge in [0.1, 0.15) is 11.3 Å². The minimum atomic E-state index is -3.66. The van der Waals surface area contributed by atoms with E-state index in [1.807, 2.05) is 49.4 Å². The average molecular weight is 460 g/mol. The van der Waals surface area contributed by atoms with Crippen LogP contribution in [0.25, 0.3) is 0 Å². The van der Waals surface area contributed by atoms with Crippen LogP contribution in [-0.4, -0.2) is 61.4 Å². The number of nitrogens with zero attached hydrogens (tertiary/aromatic N) is 2. The van der Waals surface area contributed by atoms with Crippen molar-refractivity contribution in [1.29, 1.82) is 0 Å². The molecule has 0 radical (unpaired) electrons. The van der Waals surface area contributed by atoms with Crippen LogP contribution in [0.3, 0.4) is 0 Å². The summed E-state index contributed by atoms with van der Waals surface area (Å²) in [6.07, 6.45) is 1.04. The van der Waals surface area contributed by atoms with Gasteiger partial charge >= 0.3 is 0 Å². The van der Waals surface area contributed by atoms with Crippen molar-refractivity contribution in [1.82, 2.24) is 14.5 Å². The fraction of sp³-hybridized carbons (Fsp3) is 0.391. The summed E-state index contributed by atoms with van der Waals surface area (Å²) < 4.78 is 30.9. The first-order valence-corrected chi connectivity index (χ1v) is 12.1. The minimum absolute atomic E-state index is 0.120. The molecule has 1 unspecified atom stereocenters. The molecular formula is C23H29N3O5S. The van der Waals surface area contributed by atoms with Crippen molar-refractivity contribution in [2.24, 2.45) is 0 Å². The second kappa shape index (κ2) is 9.30. The molecule has 0 spiro atoms. The van der Waals surface area contributed by atoms with Crippen molar-refractivity contribution in [3.63, 3.8) is 0 Å². The van der Waals surface area contributed by atoms with Gasteiger partial charge in [-0.25, -0.2) is 8.42 Å². The molecule has 0 bridgehead atoms. The van der Waals surface area contributed by atoms with Gasteiger partial charge in [0.05, 0.1) is 26.5 Å². The highest BCUT2D eigenvalue weighted by molar-refractivity contribution is 7.88. The van der Waals surface area contributed by atoms with E-state index in [9.17, 15) is 18.0 Å². The standard InChI is InChI=1S/C23H29N3O5S/c1-17-9-11-18(12-10-17)13-24-22(28)23(2)16-25(32(4,29)30)15-21(27)26(23)14-19-7-5-6-8-20(19)31-3/h5-12H,13-16H2,1-4H3,(H,24,28). The molecule has 1 aliphatic heterocycles. The van der Waals surface area contributed by atoms with Crippen LogP contribution in [0.15, 0.2) is 48.5 Å². The summed E-state index contributed by atoms with van der Waals surface area (Å²) >= 11 is 0. The average Bonchev–Trinajstić information content (AvgIpc) is 2.75. The van der Waals surface area contributed by atoms with Crippen molar-refractivity contribution >= 4 is 21.8 Å². The first-order valence-electron chi connectivity index (χ1n) is 10.3. The van der Waals surface area contributed by atoms with E-state index in [0.29, 0.717) is 5.75 Å². The molecule has 2 aromatic carbocycles. The van der Waals surface area contributed by atoms with Gasteiger partial charge in [0.15, 0.2) is 0 Å². The van der Waals surface area contributed by atoms with Crippen LogP contribution in [0.1, 0.15) is 23.6 Å². The number of sulfonamides is 1. The van der Waals surface area contributed by atoms with E-state index in [1.54, 1.807) is 13.0 Å².